The molecule has 0 amide bonds. The van der Waals surface area contributed by atoms with E-state index in [1.54, 1.807) is 0 Å². The van der Waals surface area contributed by atoms with E-state index in [1.165, 1.54) is 5.69 Å². The predicted octanol–water partition coefficient (Wildman–Crippen LogP) is 4.82. The molecule has 5 nitrogen and oxygen atoms in total. The van der Waals surface area contributed by atoms with E-state index in [1.807, 2.05) is 38.1 Å². The van der Waals surface area contributed by atoms with Gasteiger partial charge < -0.3 is 15.1 Å². The minimum Gasteiger partial charge on any atom is -0.368 e. The summed E-state index contributed by atoms with van der Waals surface area (Å²) in [7, 11) is 0. The van der Waals surface area contributed by atoms with Crippen molar-refractivity contribution in [3.8, 4) is 0 Å². The van der Waals surface area contributed by atoms with Crippen molar-refractivity contribution in [2.75, 3.05) is 41.3 Å². The fraction of sp³-hybridized carbons (Fsp3) is 0.273. The summed E-state index contributed by atoms with van der Waals surface area (Å²) in [4.78, 5) is 14.0. The van der Waals surface area contributed by atoms with E-state index >= 15 is 0 Å². The molecule has 2 aromatic carbocycles. The molecule has 0 bridgehead atoms. The Morgan fingerprint density at radius 2 is 1.57 bits per heavy atom. The highest BCUT2D eigenvalue weighted by Crippen LogP contribution is 2.25. The predicted molar refractivity (Wildman–Crippen MR) is 117 cm³/mol. The molecule has 0 spiro atoms. The Hall–Kier alpha value is -2.79. The van der Waals surface area contributed by atoms with Gasteiger partial charge in [0.15, 0.2) is 0 Å². The molecule has 0 radical (unpaired) electrons. The van der Waals surface area contributed by atoms with Gasteiger partial charge >= 0.3 is 0 Å². The van der Waals surface area contributed by atoms with Gasteiger partial charge in [-0.1, -0.05) is 29.8 Å². The number of aryl methyl sites for hydroxylation is 2. The number of nitrogens with one attached hydrogen (secondary N) is 1. The fourth-order valence-electron chi connectivity index (χ4n) is 3.52. The molecule has 1 aliphatic heterocycles. The van der Waals surface area contributed by atoms with Gasteiger partial charge in [0, 0.05) is 48.6 Å². The Morgan fingerprint density at radius 3 is 2.29 bits per heavy atom. The molecule has 1 aromatic heterocycles. The monoisotopic (exact) mass is 393 g/mol. The summed E-state index contributed by atoms with van der Waals surface area (Å²) < 4.78 is 0. The van der Waals surface area contributed by atoms with Crippen LogP contribution in [-0.2, 0) is 0 Å². The van der Waals surface area contributed by atoms with E-state index in [0.717, 1.165) is 59.9 Å². The molecule has 0 atom stereocenters. The van der Waals surface area contributed by atoms with Gasteiger partial charge in [0.05, 0.1) is 0 Å². The number of hydrogen-bond donors (Lipinski definition) is 1. The van der Waals surface area contributed by atoms with Crippen LogP contribution in [0.5, 0.6) is 0 Å². The van der Waals surface area contributed by atoms with Crippen molar-refractivity contribution in [3.63, 3.8) is 0 Å². The van der Waals surface area contributed by atoms with Gasteiger partial charge in [0.1, 0.15) is 17.5 Å². The first kappa shape index (κ1) is 18.6. The number of para-hydroxylation sites is 1. The van der Waals surface area contributed by atoms with Gasteiger partial charge in [-0.25, -0.2) is 9.97 Å². The minimum atomic E-state index is 0.735. The maximum absolute atomic E-state index is 6.06. The van der Waals surface area contributed by atoms with E-state index in [-0.39, 0.29) is 0 Å². The Morgan fingerprint density at radius 1 is 0.857 bits per heavy atom. The van der Waals surface area contributed by atoms with Crippen LogP contribution in [0.3, 0.4) is 0 Å². The van der Waals surface area contributed by atoms with Crippen molar-refractivity contribution in [2.24, 2.45) is 0 Å². The zero-order valence-electron chi connectivity index (χ0n) is 16.2. The maximum Gasteiger partial charge on any atom is 0.136 e. The minimum absolute atomic E-state index is 0.735. The topological polar surface area (TPSA) is 44.3 Å². The second-order valence-electron chi connectivity index (χ2n) is 7.05. The third-order valence-corrected chi connectivity index (χ3v) is 5.24. The van der Waals surface area contributed by atoms with Crippen molar-refractivity contribution >= 4 is 34.6 Å². The van der Waals surface area contributed by atoms with Crippen LogP contribution in [0, 0.1) is 13.8 Å². The molecule has 28 heavy (non-hydrogen) atoms. The summed E-state index contributed by atoms with van der Waals surface area (Å²) in [5.41, 5.74) is 3.37. The normalized spacial score (nSPS) is 14.2. The van der Waals surface area contributed by atoms with Crippen LogP contribution < -0.4 is 15.1 Å². The zero-order valence-corrected chi connectivity index (χ0v) is 16.9. The number of halogens is 1. The number of anilines is 4. The molecular weight excluding hydrogens is 370 g/mol. The average Bonchev–Trinajstić information content (AvgIpc) is 2.70. The number of nitrogens with zero attached hydrogens (tertiary/aromatic N) is 4. The summed E-state index contributed by atoms with van der Waals surface area (Å²) >= 11 is 6.06. The molecule has 1 N–H and O–H groups in total. The molecule has 4 rings (SSSR count). The molecule has 1 aliphatic rings. The van der Waals surface area contributed by atoms with Gasteiger partial charge in [-0.2, -0.15) is 0 Å². The maximum atomic E-state index is 6.06. The highest BCUT2D eigenvalue weighted by molar-refractivity contribution is 6.30. The van der Waals surface area contributed by atoms with Crippen molar-refractivity contribution in [1.82, 2.24) is 9.97 Å². The van der Waals surface area contributed by atoms with Crippen LogP contribution in [0.15, 0.2) is 54.6 Å². The molecule has 144 valence electrons. The Kier molecular flexibility index (Phi) is 5.35. The van der Waals surface area contributed by atoms with E-state index in [2.05, 4.69) is 55.4 Å². The van der Waals surface area contributed by atoms with Crippen LogP contribution >= 0.6 is 11.6 Å². The summed E-state index contributed by atoms with van der Waals surface area (Å²) in [6.07, 6.45) is 0. The number of piperazine rings is 1. The molecule has 2 heterocycles. The lowest BCUT2D eigenvalue weighted by Crippen LogP contribution is -2.46. The number of hydrogen-bond acceptors (Lipinski definition) is 5. The molecule has 0 aliphatic carbocycles. The summed E-state index contributed by atoms with van der Waals surface area (Å²) in [6, 6.07) is 18.4. The average molecular weight is 394 g/mol. The molecule has 0 unspecified atom stereocenters. The fourth-order valence-corrected chi connectivity index (χ4v) is 3.74. The highest BCUT2D eigenvalue weighted by Gasteiger charge is 2.19. The Labute approximate surface area is 171 Å². The van der Waals surface area contributed by atoms with Gasteiger partial charge in [0.2, 0.25) is 0 Å². The second-order valence-corrected chi connectivity index (χ2v) is 7.49. The first-order valence-corrected chi connectivity index (χ1v) is 9.90. The third kappa shape index (κ3) is 4.20. The number of rotatable bonds is 4. The van der Waals surface area contributed by atoms with Gasteiger partial charge in [-0.15, -0.1) is 0 Å². The Balaban J connectivity index is 1.48. The second kappa shape index (κ2) is 8.07. The molecule has 1 fully saturated rings. The molecular formula is C22H24ClN5. The lowest BCUT2D eigenvalue weighted by atomic mass is 10.2. The summed E-state index contributed by atoms with van der Waals surface area (Å²) in [5.74, 6) is 2.53. The van der Waals surface area contributed by atoms with Crippen LogP contribution in [0.2, 0.25) is 5.02 Å². The van der Waals surface area contributed by atoms with Gasteiger partial charge in [-0.05, 0) is 49.7 Å². The SMILES string of the molecule is Cc1nc(Nc2ccc(Cl)cc2C)cc(N2CCN(c3ccccc3)CC2)n1. The standard InChI is InChI=1S/C22H24ClN5/c1-16-14-18(23)8-9-20(16)26-21-15-22(25-17(2)24-21)28-12-10-27(11-13-28)19-6-4-3-5-7-19/h3-9,14-15H,10-13H2,1-2H3,(H,24,25,26). The number of benzene rings is 2. The summed E-state index contributed by atoms with van der Waals surface area (Å²) in [5, 5.41) is 4.14. The van der Waals surface area contributed by atoms with Crippen LogP contribution in [-0.4, -0.2) is 36.1 Å². The molecule has 6 heteroatoms. The zero-order chi connectivity index (χ0) is 19.5. The van der Waals surface area contributed by atoms with Gasteiger partial charge in [-0.3, -0.25) is 0 Å². The van der Waals surface area contributed by atoms with E-state index in [0.29, 0.717) is 0 Å². The van der Waals surface area contributed by atoms with Crippen LogP contribution in [0.4, 0.5) is 23.0 Å². The van der Waals surface area contributed by atoms with Crippen LogP contribution in [0.25, 0.3) is 0 Å². The quantitative estimate of drug-likeness (QED) is 0.688. The van der Waals surface area contributed by atoms with Crippen molar-refractivity contribution in [2.45, 2.75) is 13.8 Å². The lowest BCUT2D eigenvalue weighted by molar-refractivity contribution is 0.646. The molecule has 1 saturated heterocycles. The van der Waals surface area contributed by atoms with E-state index < -0.39 is 0 Å². The summed E-state index contributed by atoms with van der Waals surface area (Å²) in [6.45, 7) is 7.79. The van der Waals surface area contributed by atoms with Gasteiger partial charge in [0.25, 0.3) is 0 Å². The number of aromatic nitrogens is 2. The Bertz CT molecular complexity index is 952. The first-order valence-electron chi connectivity index (χ1n) is 9.52. The first-order chi connectivity index (χ1) is 13.6. The largest absolute Gasteiger partial charge is 0.368 e. The van der Waals surface area contributed by atoms with Crippen molar-refractivity contribution in [3.05, 3.63) is 71.0 Å². The van der Waals surface area contributed by atoms with E-state index in [9.17, 15) is 0 Å². The van der Waals surface area contributed by atoms with E-state index in [4.69, 9.17) is 11.6 Å². The molecule has 0 saturated carbocycles. The van der Waals surface area contributed by atoms with Crippen molar-refractivity contribution < 1.29 is 0 Å². The van der Waals surface area contributed by atoms with Crippen molar-refractivity contribution in [1.29, 1.82) is 0 Å². The highest BCUT2D eigenvalue weighted by atomic mass is 35.5. The smallest absolute Gasteiger partial charge is 0.136 e. The van der Waals surface area contributed by atoms with Crippen LogP contribution in [0.1, 0.15) is 11.4 Å². The lowest BCUT2D eigenvalue weighted by Gasteiger charge is -2.36. The molecule has 3 aromatic rings. The third-order valence-electron chi connectivity index (χ3n) is 5.00.